The van der Waals surface area contributed by atoms with Crippen LogP contribution in [0.4, 0.5) is 4.39 Å². The van der Waals surface area contributed by atoms with Crippen LogP contribution in [0.2, 0.25) is 0 Å². The van der Waals surface area contributed by atoms with E-state index in [1.54, 1.807) is 17.4 Å². The van der Waals surface area contributed by atoms with Crippen molar-refractivity contribution in [3.63, 3.8) is 0 Å². The molecule has 0 aliphatic heterocycles. The van der Waals surface area contributed by atoms with Crippen molar-refractivity contribution in [2.75, 3.05) is 0 Å². The monoisotopic (exact) mass is 362 g/mol. The predicted molar refractivity (Wildman–Crippen MR) is 73.9 cm³/mol. The molecule has 1 unspecified atom stereocenters. The molecular formula is C12H9Br2FS. The van der Waals surface area contributed by atoms with E-state index in [2.05, 4.69) is 31.9 Å². The van der Waals surface area contributed by atoms with Gasteiger partial charge in [0.05, 0.1) is 4.83 Å². The topological polar surface area (TPSA) is 0 Å². The molecule has 0 radical (unpaired) electrons. The number of benzene rings is 1. The third-order valence-corrected chi connectivity index (χ3v) is 5.46. The summed E-state index contributed by atoms with van der Waals surface area (Å²) in [6, 6.07) is 7.10. The molecule has 0 N–H and O–H groups in total. The van der Waals surface area contributed by atoms with Gasteiger partial charge in [0.2, 0.25) is 0 Å². The lowest BCUT2D eigenvalue weighted by Crippen LogP contribution is -1.93. The SMILES string of the molecule is Cc1cc(F)cc(C(Br)c2sccc2Br)c1. The van der Waals surface area contributed by atoms with Gasteiger partial charge in [0.25, 0.3) is 0 Å². The van der Waals surface area contributed by atoms with Crippen LogP contribution in [0, 0.1) is 12.7 Å². The zero-order chi connectivity index (χ0) is 11.7. The first-order chi connectivity index (χ1) is 7.58. The highest BCUT2D eigenvalue weighted by Gasteiger charge is 2.15. The molecule has 0 nitrogen and oxygen atoms in total. The van der Waals surface area contributed by atoms with Gasteiger partial charge in [-0.1, -0.05) is 22.0 Å². The number of alkyl halides is 1. The molecule has 0 aliphatic carbocycles. The summed E-state index contributed by atoms with van der Waals surface area (Å²) in [4.78, 5) is 1.20. The van der Waals surface area contributed by atoms with Gasteiger partial charge in [-0.3, -0.25) is 0 Å². The number of thiophene rings is 1. The predicted octanol–water partition coefficient (Wildman–Crippen LogP) is 5.44. The molecule has 2 rings (SSSR count). The third kappa shape index (κ3) is 2.55. The van der Waals surface area contributed by atoms with E-state index >= 15 is 0 Å². The van der Waals surface area contributed by atoms with E-state index in [1.165, 1.54) is 6.07 Å². The lowest BCUT2D eigenvalue weighted by molar-refractivity contribution is 0.624. The van der Waals surface area contributed by atoms with Crippen LogP contribution in [0.25, 0.3) is 0 Å². The summed E-state index contributed by atoms with van der Waals surface area (Å²) < 4.78 is 14.4. The van der Waals surface area contributed by atoms with E-state index in [0.717, 1.165) is 20.5 Å². The van der Waals surface area contributed by atoms with Crippen molar-refractivity contribution in [3.8, 4) is 0 Å². The van der Waals surface area contributed by atoms with Gasteiger partial charge in [-0.2, -0.15) is 0 Å². The van der Waals surface area contributed by atoms with E-state index in [1.807, 2.05) is 24.4 Å². The minimum atomic E-state index is -0.188. The van der Waals surface area contributed by atoms with E-state index in [-0.39, 0.29) is 10.6 Å². The number of hydrogen-bond donors (Lipinski definition) is 0. The Hall–Kier alpha value is -0.190. The number of halogens is 3. The molecule has 1 atom stereocenters. The van der Waals surface area contributed by atoms with Crippen molar-refractivity contribution < 1.29 is 4.39 Å². The Balaban J connectivity index is 2.41. The summed E-state index contributed by atoms with van der Waals surface area (Å²) >= 11 is 8.74. The molecule has 0 saturated heterocycles. The van der Waals surface area contributed by atoms with Gasteiger partial charge < -0.3 is 0 Å². The highest BCUT2D eigenvalue weighted by Crippen LogP contribution is 2.39. The van der Waals surface area contributed by atoms with Crippen LogP contribution >= 0.6 is 43.2 Å². The van der Waals surface area contributed by atoms with Crippen LogP contribution in [-0.2, 0) is 0 Å². The molecule has 84 valence electrons. The van der Waals surface area contributed by atoms with E-state index < -0.39 is 0 Å². The van der Waals surface area contributed by atoms with Crippen LogP contribution in [0.5, 0.6) is 0 Å². The average molecular weight is 364 g/mol. The first-order valence-corrected chi connectivity index (χ1v) is 7.31. The molecule has 0 aliphatic rings. The maximum absolute atomic E-state index is 13.3. The second-order valence-corrected chi connectivity index (χ2v) is 6.27. The fourth-order valence-electron chi connectivity index (χ4n) is 1.55. The average Bonchev–Trinajstić information content (AvgIpc) is 2.62. The van der Waals surface area contributed by atoms with Crippen LogP contribution in [0.1, 0.15) is 20.8 Å². The van der Waals surface area contributed by atoms with Gasteiger partial charge in [0.1, 0.15) is 5.82 Å². The Kier molecular flexibility index (Phi) is 3.82. The Bertz CT molecular complexity index is 487. The summed E-state index contributed by atoms with van der Waals surface area (Å²) in [5.41, 5.74) is 1.88. The van der Waals surface area contributed by atoms with Crippen LogP contribution in [-0.4, -0.2) is 0 Å². The molecule has 0 spiro atoms. The molecule has 1 aromatic heterocycles. The Morgan fingerprint density at radius 1 is 1.31 bits per heavy atom. The number of aryl methyl sites for hydroxylation is 1. The largest absolute Gasteiger partial charge is 0.207 e. The van der Waals surface area contributed by atoms with Crippen LogP contribution in [0.3, 0.4) is 0 Å². The maximum Gasteiger partial charge on any atom is 0.123 e. The summed E-state index contributed by atoms with van der Waals surface area (Å²) in [6.07, 6.45) is 0. The van der Waals surface area contributed by atoms with E-state index in [4.69, 9.17) is 0 Å². The minimum Gasteiger partial charge on any atom is -0.207 e. The fraction of sp³-hybridized carbons (Fsp3) is 0.167. The molecular weight excluding hydrogens is 355 g/mol. The van der Waals surface area contributed by atoms with Gasteiger partial charge in [0.15, 0.2) is 0 Å². The molecule has 16 heavy (non-hydrogen) atoms. The van der Waals surface area contributed by atoms with Crippen molar-refractivity contribution in [2.45, 2.75) is 11.8 Å². The maximum atomic E-state index is 13.3. The van der Waals surface area contributed by atoms with Gasteiger partial charge in [-0.15, -0.1) is 11.3 Å². The molecule has 0 amide bonds. The standard InChI is InChI=1S/C12H9Br2FS/c1-7-4-8(6-9(15)5-7)11(14)12-10(13)2-3-16-12/h2-6,11H,1H3. The molecule has 2 aromatic rings. The second-order valence-electron chi connectivity index (χ2n) is 3.56. The van der Waals surface area contributed by atoms with Gasteiger partial charge in [-0.25, -0.2) is 4.39 Å². The smallest absolute Gasteiger partial charge is 0.123 e. The lowest BCUT2D eigenvalue weighted by atomic mass is 10.1. The number of hydrogen-bond acceptors (Lipinski definition) is 1. The van der Waals surface area contributed by atoms with Gasteiger partial charge in [-0.05, 0) is 57.6 Å². The first kappa shape index (κ1) is 12.3. The summed E-state index contributed by atoms with van der Waals surface area (Å²) in [6.45, 7) is 1.90. The van der Waals surface area contributed by atoms with Crippen molar-refractivity contribution in [2.24, 2.45) is 0 Å². The third-order valence-electron chi connectivity index (χ3n) is 2.23. The van der Waals surface area contributed by atoms with Crippen molar-refractivity contribution in [1.29, 1.82) is 0 Å². The van der Waals surface area contributed by atoms with Crippen molar-refractivity contribution >= 4 is 43.2 Å². The molecule has 4 heteroatoms. The van der Waals surface area contributed by atoms with E-state index in [9.17, 15) is 4.39 Å². The summed E-state index contributed by atoms with van der Waals surface area (Å²) in [5.74, 6) is -0.188. The lowest BCUT2D eigenvalue weighted by Gasteiger charge is -2.10. The Morgan fingerprint density at radius 3 is 2.62 bits per heavy atom. The van der Waals surface area contributed by atoms with E-state index in [0.29, 0.717) is 0 Å². The van der Waals surface area contributed by atoms with Gasteiger partial charge in [0, 0.05) is 9.35 Å². The zero-order valence-corrected chi connectivity index (χ0v) is 12.5. The second kappa shape index (κ2) is 4.98. The van der Waals surface area contributed by atoms with Crippen LogP contribution in [0.15, 0.2) is 34.1 Å². The van der Waals surface area contributed by atoms with Crippen molar-refractivity contribution in [3.05, 3.63) is 55.9 Å². The highest BCUT2D eigenvalue weighted by molar-refractivity contribution is 9.11. The molecule has 1 heterocycles. The molecule has 0 fully saturated rings. The summed E-state index contributed by atoms with van der Waals surface area (Å²) in [7, 11) is 0. The quantitative estimate of drug-likeness (QED) is 0.623. The normalized spacial score (nSPS) is 12.8. The minimum absolute atomic E-state index is 0.0382. The zero-order valence-electron chi connectivity index (χ0n) is 8.51. The van der Waals surface area contributed by atoms with Crippen LogP contribution < -0.4 is 0 Å². The number of rotatable bonds is 2. The molecule has 0 bridgehead atoms. The fourth-order valence-corrected chi connectivity index (χ4v) is 4.29. The van der Waals surface area contributed by atoms with Crippen molar-refractivity contribution in [1.82, 2.24) is 0 Å². The Morgan fingerprint density at radius 2 is 2.06 bits per heavy atom. The Labute approximate surface area is 115 Å². The molecule has 0 saturated carbocycles. The first-order valence-electron chi connectivity index (χ1n) is 4.72. The van der Waals surface area contributed by atoms with Gasteiger partial charge >= 0.3 is 0 Å². The highest BCUT2D eigenvalue weighted by atomic mass is 79.9. The summed E-state index contributed by atoms with van der Waals surface area (Å²) in [5, 5.41) is 2.01. The molecule has 1 aromatic carbocycles.